The number of hydrogen-bond acceptors (Lipinski definition) is 4. The van der Waals surface area contributed by atoms with Crippen LogP contribution in [0.2, 0.25) is 0 Å². The van der Waals surface area contributed by atoms with Crippen LogP contribution in [0.4, 0.5) is 0 Å². The highest BCUT2D eigenvalue weighted by atomic mass is 16.5. The van der Waals surface area contributed by atoms with Gasteiger partial charge in [0, 0.05) is 0 Å². The molecule has 2 amide bonds. The third-order valence-corrected chi connectivity index (χ3v) is 3.26. The monoisotopic (exact) mass is 292 g/mol. The lowest BCUT2D eigenvalue weighted by atomic mass is 9.97. The van der Waals surface area contributed by atoms with E-state index >= 15 is 0 Å². The summed E-state index contributed by atoms with van der Waals surface area (Å²) in [5.74, 6) is -1.32. The summed E-state index contributed by atoms with van der Waals surface area (Å²) in [6.07, 6.45) is 0. The second-order valence-electron chi connectivity index (χ2n) is 4.75. The number of carboxylic acid groups (broad SMARTS) is 1. The number of para-hydroxylation sites is 1. The standard InChI is InChI=1S/C14H16N2O5/c1-9-13(14(20)16(9)7-12(18)19)15-11(17)8-21-10-5-3-2-4-6-10/h2-6,9,13H,7-8H2,1H3,(H,15,17)(H,18,19)/t9-,13?/m1/s1. The van der Waals surface area contributed by atoms with Crippen LogP contribution < -0.4 is 10.1 Å². The summed E-state index contributed by atoms with van der Waals surface area (Å²) in [4.78, 5) is 35.2. The Morgan fingerprint density at radius 1 is 1.33 bits per heavy atom. The van der Waals surface area contributed by atoms with Gasteiger partial charge in [-0.15, -0.1) is 0 Å². The van der Waals surface area contributed by atoms with Gasteiger partial charge < -0.3 is 20.1 Å². The van der Waals surface area contributed by atoms with Gasteiger partial charge in [0.2, 0.25) is 5.91 Å². The van der Waals surface area contributed by atoms with Gasteiger partial charge in [-0.3, -0.25) is 14.4 Å². The molecule has 1 saturated heterocycles. The van der Waals surface area contributed by atoms with E-state index in [1.165, 1.54) is 4.90 Å². The molecule has 1 fully saturated rings. The lowest BCUT2D eigenvalue weighted by molar-refractivity contribution is -0.159. The fraction of sp³-hybridized carbons (Fsp3) is 0.357. The molecular formula is C14H16N2O5. The maximum Gasteiger partial charge on any atom is 0.323 e. The number of hydrogen-bond donors (Lipinski definition) is 2. The zero-order chi connectivity index (χ0) is 15.4. The van der Waals surface area contributed by atoms with Crippen molar-refractivity contribution in [1.29, 1.82) is 0 Å². The van der Waals surface area contributed by atoms with Crippen LogP contribution in [0.5, 0.6) is 5.75 Å². The van der Waals surface area contributed by atoms with E-state index in [1.807, 2.05) is 6.07 Å². The first-order valence-electron chi connectivity index (χ1n) is 6.48. The Morgan fingerprint density at radius 3 is 2.57 bits per heavy atom. The summed E-state index contributed by atoms with van der Waals surface area (Å²) >= 11 is 0. The van der Waals surface area contributed by atoms with Gasteiger partial charge in [-0.05, 0) is 19.1 Å². The normalized spacial score (nSPS) is 20.6. The molecule has 2 rings (SSSR count). The largest absolute Gasteiger partial charge is 0.484 e. The van der Waals surface area contributed by atoms with E-state index in [-0.39, 0.29) is 19.2 Å². The number of carbonyl (C=O) groups excluding carboxylic acids is 2. The van der Waals surface area contributed by atoms with E-state index in [9.17, 15) is 14.4 Å². The molecule has 0 aromatic heterocycles. The minimum Gasteiger partial charge on any atom is -0.484 e. The number of aliphatic carboxylic acids is 1. The second kappa shape index (κ2) is 6.25. The number of nitrogens with one attached hydrogen (secondary N) is 1. The Bertz CT molecular complexity index is 546. The molecule has 1 aromatic rings. The quantitative estimate of drug-likeness (QED) is 0.712. The van der Waals surface area contributed by atoms with Crippen LogP contribution >= 0.6 is 0 Å². The summed E-state index contributed by atoms with van der Waals surface area (Å²) in [5.41, 5.74) is 0. The van der Waals surface area contributed by atoms with Crippen molar-refractivity contribution in [2.45, 2.75) is 19.0 Å². The second-order valence-corrected chi connectivity index (χ2v) is 4.75. The number of carbonyl (C=O) groups is 3. The highest BCUT2D eigenvalue weighted by Gasteiger charge is 2.45. The predicted octanol–water partition coefficient (Wildman–Crippen LogP) is -0.135. The molecule has 1 aliphatic rings. The molecule has 1 unspecified atom stereocenters. The fourth-order valence-electron chi connectivity index (χ4n) is 2.11. The van der Waals surface area contributed by atoms with Gasteiger partial charge in [0.05, 0.1) is 6.04 Å². The van der Waals surface area contributed by atoms with Gasteiger partial charge in [-0.1, -0.05) is 18.2 Å². The number of β-lactam (4-membered cyclic amide) rings is 1. The zero-order valence-electron chi connectivity index (χ0n) is 11.5. The van der Waals surface area contributed by atoms with Crippen LogP contribution in [0.25, 0.3) is 0 Å². The predicted molar refractivity (Wildman–Crippen MR) is 72.7 cm³/mol. The third-order valence-electron chi connectivity index (χ3n) is 3.26. The molecule has 112 valence electrons. The van der Waals surface area contributed by atoms with E-state index in [1.54, 1.807) is 31.2 Å². The van der Waals surface area contributed by atoms with Gasteiger partial charge in [0.15, 0.2) is 6.61 Å². The average molecular weight is 292 g/mol. The van der Waals surface area contributed by atoms with E-state index < -0.39 is 23.8 Å². The van der Waals surface area contributed by atoms with Crippen molar-refractivity contribution in [2.24, 2.45) is 0 Å². The lowest BCUT2D eigenvalue weighted by Crippen LogP contribution is -2.70. The van der Waals surface area contributed by atoms with E-state index in [4.69, 9.17) is 9.84 Å². The number of benzene rings is 1. The molecule has 21 heavy (non-hydrogen) atoms. The van der Waals surface area contributed by atoms with Gasteiger partial charge in [-0.25, -0.2) is 0 Å². The first kappa shape index (κ1) is 14.8. The Balaban J connectivity index is 1.79. The number of likely N-dealkylation sites (tertiary alicyclic amines) is 1. The molecule has 0 spiro atoms. The Kier molecular flexibility index (Phi) is 4.42. The Morgan fingerprint density at radius 2 is 2.00 bits per heavy atom. The number of ether oxygens (including phenoxy) is 1. The topological polar surface area (TPSA) is 95.9 Å². The summed E-state index contributed by atoms with van der Waals surface area (Å²) in [6, 6.07) is 7.82. The Labute approximate surface area is 121 Å². The van der Waals surface area contributed by atoms with Gasteiger partial charge in [-0.2, -0.15) is 0 Å². The maximum absolute atomic E-state index is 11.7. The van der Waals surface area contributed by atoms with Crippen LogP contribution in [0, 0.1) is 0 Å². The molecule has 0 aliphatic carbocycles. The number of carboxylic acids is 1. The van der Waals surface area contributed by atoms with Crippen LogP contribution in [0.1, 0.15) is 6.92 Å². The lowest BCUT2D eigenvalue weighted by Gasteiger charge is -2.44. The summed E-state index contributed by atoms with van der Waals surface area (Å²) in [7, 11) is 0. The molecule has 1 aromatic carbocycles. The zero-order valence-corrected chi connectivity index (χ0v) is 11.5. The minimum absolute atomic E-state index is 0.195. The molecule has 2 N–H and O–H groups in total. The van der Waals surface area contributed by atoms with E-state index in [2.05, 4.69) is 5.32 Å². The highest BCUT2D eigenvalue weighted by molar-refractivity contribution is 5.95. The first-order valence-corrected chi connectivity index (χ1v) is 6.48. The van der Waals surface area contributed by atoms with Crippen molar-refractivity contribution in [2.75, 3.05) is 13.2 Å². The van der Waals surface area contributed by atoms with Gasteiger partial charge >= 0.3 is 5.97 Å². The van der Waals surface area contributed by atoms with Crippen molar-refractivity contribution in [1.82, 2.24) is 10.2 Å². The average Bonchev–Trinajstić information content (AvgIpc) is 2.49. The van der Waals surface area contributed by atoms with Crippen LogP contribution in [-0.2, 0) is 14.4 Å². The molecule has 7 heteroatoms. The molecule has 7 nitrogen and oxygen atoms in total. The molecule has 1 aliphatic heterocycles. The smallest absolute Gasteiger partial charge is 0.323 e. The molecule has 2 atom stereocenters. The SMILES string of the molecule is C[C@@H]1C(NC(=O)COc2ccccc2)C(=O)N1CC(=O)O. The van der Waals surface area contributed by atoms with Crippen molar-refractivity contribution in [3.05, 3.63) is 30.3 Å². The number of rotatable bonds is 6. The third kappa shape index (κ3) is 3.50. The van der Waals surface area contributed by atoms with E-state index in [0.717, 1.165) is 0 Å². The summed E-state index contributed by atoms with van der Waals surface area (Å²) in [5, 5.41) is 11.2. The molecular weight excluding hydrogens is 276 g/mol. The van der Waals surface area contributed by atoms with E-state index in [0.29, 0.717) is 5.75 Å². The van der Waals surface area contributed by atoms with Crippen molar-refractivity contribution < 1.29 is 24.2 Å². The fourth-order valence-corrected chi connectivity index (χ4v) is 2.11. The van der Waals surface area contributed by atoms with Crippen LogP contribution in [-0.4, -0.2) is 53.0 Å². The molecule has 0 bridgehead atoms. The molecule has 0 radical (unpaired) electrons. The molecule has 0 saturated carbocycles. The minimum atomic E-state index is -1.08. The summed E-state index contributed by atoms with van der Waals surface area (Å²) in [6.45, 7) is 1.14. The molecule has 1 heterocycles. The van der Waals surface area contributed by atoms with Crippen molar-refractivity contribution in [3.63, 3.8) is 0 Å². The van der Waals surface area contributed by atoms with Crippen LogP contribution in [0.15, 0.2) is 30.3 Å². The number of nitrogens with zero attached hydrogens (tertiary/aromatic N) is 1. The summed E-state index contributed by atoms with van der Waals surface area (Å²) < 4.78 is 5.27. The maximum atomic E-state index is 11.7. The van der Waals surface area contributed by atoms with Crippen molar-refractivity contribution >= 4 is 17.8 Å². The Hall–Kier alpha value is -2.57. The highest BCUT2D eigenvalue weighted by Crippen LogP contribution is 2.19. The van der Waals surface area contributed by atoms with Gasteiger partial charge in [0.25, 0.3) is 5.91 Å². The van der Waals surface area contributed by atoms with Crippen molar-refractivity contribution in [3.8, 4) is 5.75 Å². The van der Waals surface area contributed by atoms with Crippen LogP contribution in [0.3, 0.4) is 0 Å². The first-order chi connectivity index (χ1) is 9.99. The number of amides is 2. The van der Waals surface area contributed by atoms with Gasteiger partial charge in [0.1, 0.15) is 18.3 Å².